The van der Waals surface area contributed by atoms with Crippen LogP contribution in [-0.4, -0.2) is 60.6 Å². The summed E-state index contributed by atoms with van der Waals surface area (Å²) in [5.41, 5.74) is 7.29. The molecule has 2 bridgehead atoms. The van der Waals surface area contributed by atoms with Crippen LogP contribution < -0.4 is 50.0 Å². The van der Waals surface area contributed by atoms with Crippen LogP contribution in [0.15, 0.2) is 41.5 Å². The van der Waals surface area contributed by atoms with Gasteiger partial charge in [0.25, 0.3) is 5.91 Å². The molecular weight excluding hydrogens is 578 g/mol. The van der Waals surface area contributed by atoms with E-state index in [9.17, 15) is 29.0 Å². The van der Waals surface area contributed by atoms with E-state index in [0.29, 0.717) is 42.4 Å². The minimum atomic E-state index is -5.09. The number of allylic oxidation sites excluding steroid dienone is 1. The Bertz CT molecular complexity index is 1170. The van der Waals surface area contributed by atoms with Crippen LogP contribution in [0.1, 0.15) is 52.5 Å². The molecular formula is C28H42N2NaO10P. The minimum absolute atomic E-state index is 0. The first-order chi connectivity index (χ1) is 19.1. The van der Waals surface area contributed by atoms with Crippen molar-refractivity contribution in [1.82, 2.24) is 0 Å². The number of hydrogen-bond donors (Lipinski definition) is 4. The molecule has 1 aromatic rings. The van der Waals surface area contributed by atoms with Crippen molar-refractivity contribution in [2.45, 2.75) is 77.8 Å². The number of rotatable bonds is 5. The molecule has 1 aromatic carbocycles. The third-order valence-corrected chi connectivity index (χ3v) is 7.45. The molecule has 1 aliphatic heterocycles. The van der Waals surface area contributed by atoms with Gasteiger partial charge in [-0.25, -0.2) is 4.79 Å². The predicted molar refractivity (Wildman–Crippen MR) is 151 cm³/mol. The number of aliphatic hydroxyl groups excluding tert-OH is 1. The number of methoxy groups -OCH3 is 2. The Morgan fingerprint density at radius 1 is 1.14 bits per heavy atom. The summed E-state index contributed by atoms with van der Waals surface area (Å²) < 4.78 is 32.8. The second-order valence-electron chi connectivity index (χ2n) is 10.6. The van der Waals surface area contributed by atoms with Gasteiger partial charge in [0.15, 0.2) is 6.10 Å². The number of aliphatic hydroxyl groups is 1. The van der Waals surface area contributed by atoms with Crippen molar-refractivity contribution in [3.05, 3.63) is 47.1 Å². The van der Waals surface area contributed by atoms with E-state index in [1.165, 1.54) is 26.4 Å². The molecule has 0 radical (unpaired) electrons. The standard InChI is InChI=1S/C28H43N2O10P.Na/c1-16-10-20-13-21(15-22(14-20)40-41(34,35)36)30-27(32)17(2)8-7-9-23(37-5)26(39-28(29)33)19(4)12-18(3)25(31)24(11-16)38-6;/h8,12-16,18,23-26,31H,7,9-11H2,1-6H3,(H2,29,33)(H,30,32)(H2,34,35,36);/q;+1/p-1/b17-8+,19-12+;/t16-,18+,23+,24+,25-,26+;/m1./s1. The van der Waals surface area contributed by atoms with Gasteiger partial charge in [-0.1, -0.05) is 26.0 Å². The third-order valence-electron chi connectivity index (χ3n) is 7.00. The zero-order valence-electron chi connectivity index (χ0n) is 25.4. The van der Waals surface area contributed by atoms with E-state index < -0.39 is 50.2 Å². The van der Waals surface area contributed by atoms with Crippen molar-refractivity contribution in [1.29, 1.82) is 0 Å². The van der Waals surface area contributed by atoms with Crippen LogP contribution in [0.5, 0.6) is 5.75 Å². The maximum Gasteiger partial charge on any atom is 1.00 e. The summed E-state index contributed by atoms with van der Waals surface area (Å²) >= 11 is 0. The number of phosphoric acid groups is 1. The summed E-state index contributed by atoms with van der Waals surface area (Å²) in [6.07, 6.45) is 1.27. The van der Waals surface area contributed by atoms with Gasteiger partial charge in [0.2, 0.25) is 0 Å². The molecule has 0 aromatic heterocycles. The van der Waals surface area contributed by atoms with Gasteiger partial charge in [0.1, 0.15) is 5.75 Å². The number of hydrogen-bond acceptors (Lipinski definition) is 9. The van der Waals surface area contributed by atoms with E-state index in [4.69, 9.17) is 24.5 Å². The molecule has 0 saturated heterocycles. The number of nitrogens with two attached hydrogens (primary N) is 1. The molecule has 1 unspecified atom stereocenters. The molecule has 0 aliphatic carbocycles. The van der Waals surface area contributed by atoms with E-state index in [1.54, 1.807) is 32.1 Å². The van der Waals surface area contributed by atoms with Crippen molar-refractivity contribution in [2.75, 3.05) is 19.5 Å². The van der Waals surface area contributed by atoms with Gasteiger partial charge in [-0.05, 0) is 68.7 Å². The Morgan fingerprint density at radius 2 is 1.79 bits per heavy atom. The molecule has 2 amide bonds. The normalized spacial score (nSPS) is 30.3. The fourth-order valence-corrected chi connectivity index (χ4v) is 5.38. The molecule has 0 saturated carbocycles. The molecule has 1 aliphatic rings. The summed E-state index contributed by atoms with van der Waals surface area (Å²) in [4.78, 5) is 45.3. The van der Waals surface area contributed by atoms with Gasteiger partial charge in [-0.2, -0.15) is 0 Å². The molecule has 7 atom stereocenters. The second kappa shape index (κ2) is 17.5. The van der Waals surface area contributed by atoms with Crippen molar-refractivity contribution >= 4 is 25.5 Å². The largest absolute Gasteiger partial charge is 1.00 e. The van der Waals surface area contributed by atoms with Gasteiger partial charge in [-0.3, -0.25) is 9.36 Å². The monoisotopic (exact) mass is 620 g/mol. The molecule has 230 valence electrons. The fraction of sp³-hybridized carbons (Fsp3) is 0.571. The predicted octanol–water partition coefficient (Wildman–Crippen LogP) is 0.215. The topological polar surface area (TPSA) is 190 Å². The second-order valence-corrected chi connectivity index (χ2v) is 11.7. The number of benzene rings is 1. The van der Waals surface area contributed by atoms with E-state index in [2.05, 4.69) is 5.32 Å². The van der Waals surface area contributed by atoms with Crippen LogP contribution in [-0.2, 0) is 30.0 Å². The van der Waals surface area contributed by atoms with Crippen molar-refractivity contribution in [3.63, 3.8) is 0 Å². The SMILES string of the molecule is CO[C@H]1C[C@H](C)Cc2cc(cc(OP(=O)([O-])O)c2)NC(=O)/C(C)=C/CC[C@H](OC)[C@@H](OC(N)=O)/C(C)=C/[C@H](C)[C@H]1O.[Na+]. The number of primary amides is 1. The number of fused-ring (bicyclic) bond motifs is 2. The van der Waals surface area contributed by atoms with Crippen LogP contribution in [0.3, 0.4) is 0 Å². The average molecular weight is 621 g/mol. The number of amides is 2. The van der Waals surface area contributed by atoms with Crippen molar-refractivity contribution in [2.24, 2.45) is 17.6 Å². The first-order valence-corrected chi connectivity index (χ1v) is 14.9. The third kappa shape index (κ3) is 12.5. The Kier molecular flexibility index (Phi) is 16.0. The number of nitrogens with one attached hydrogen (secondary N) is 1. The first-order valence-electron chi connectivity index (χ1n) is 13.4. The van der Waals surface area contributed by atoms with Gasteiger partial charge in [-0.15, -0.1) is 0 Å². The molecule has 0 spiro atoms. The van der Waals surface area contributed by atoms with Gasteiger partial charge in [0, 0.05) is 37.5 Å². The maximum absolute atomic E-state index is 12.9. The van der Waals surface area contributed by atoms with Crippen LogP contribution in [0.2, 0.25) is 0 Å². The summed E-state index contributed by atoms with van der Waals surface area (Å²) in [7, 11) is -2.11. The molecule has 0 fully saturated rings. The van der Waals surface area contributed by atoms with Gasteiger partial charge < -0.3 is 44.7 Å². The fourth-order valence-electron chi connectivity index (χ4n) is 5.01. The van der Waals surface area contributed by atoms with E-state index in [-0.39, 0.29) is 46.9 Å². The Labute approximate surface area is 269 Å². The van der Waals surface area contributed by atoms with Crippen LogP contribution in [0.25, 0.3) is 0 Å². The summed E-state index contributed by atoms with van der Waals surface area (Å²) in [6, 6.07) is 4.46. The Hall–Kier alpha value is -1.73. The average Bonchev–Trinajstić information content (AvgIpc) is 2.86. The maximum atomic E-state index is 12.9. The Morgan fingerprint density at radius 3 is 2.36 bits per heavy atom. The zero-order chi connectivity index (χ0) is 30.9. The number of carbonyl (C=O) groups is 2. The zero-order valence-corrected chi connectivity index (χ0v) is 28.3. The van der Waals surface area contributed by atoms with Crippen LogP contribution in [0, 0.1) is 11.8 Å². The van der Waals surface area contributed by atoms with Crippen LogP contribution >= 0.6 is 7.82 Å². The van der Waals surface area contributed by atoms with Crippen molar-refractivity contribution < 1.29 is 77.3 Å². The van der Waals surface area contributed by atoms with Crippen LogP contribution in [0.4, 0.5) is 10.5 Å². The minimum Gasteiger partial charge on any atom is -0.746 e. The van der Waals surface area contributed by atoms with E-state index >= 15 is 0 Å². The van der Waals surface area contributed by atoms with Gasteiger partial charge >= 0.3 is 43.5 Å². The molecule has 14 heteroatoms. The first kappa shape index (κ1) is 38.3. The molecule has 12 nitrogen and oxygen atoms in total. The molecule has 42 heavy (non-hydrogen) atoms. The number of ether oxygens (including phenoxy) is 3. The van der Waals surface area contributed by atoms with Gasteiger partial charge in [0.05, 0.1) is 18.3 Å². The van der Waals surface area contributed by atoms with Crippen molar-refractivity contribution in [3.8, 4) is 5.75 Å². The summed E-state index contributed by atoms with van der Waals surface area (Å²) in [5.74, 6) is -1.04. The number of carbonyl (C=O) groups excluding carboxylic acids is 2. The smallest absolute Gasteiger partial charge is 0.746 e. The number of phosphoric ester groups is 1. The molecule has 2 rings (SSSR count). The van der Waals surface area contributed by atoms with E-state index in [0.717, 1.165) is 0 Å². The Balaban J connectivity index is 0.00000882. The molecule has 5 N–H and O–H groups in total. The van der Waals surface area contributed by atoms with E-state index in [1.807, 2.05) is 13.8 Å². The number of anilines is 1. The summed E-state index contributed by atoms with van der Waals surface area (Å²) in [6.45, 7) is 7.15. The quantitative estimate of drug-likeness (QED) is 0.201. The molecule has 1 heterocycles. The summed E-state index contributed by atoms with van der Waals surface area (Å²) in [5, 5.41) is 13.9.